The highest BCUT2D eigenvalue weighted by Crippen LogP contribution is 2.33. The van der Waals surface area contributed by atoms with Gasteiger partial charge >= 0.3 is 0 Å². The van der Waals surface area contributed by atoms with Gasteiger partial charge in [-0.2, -0.15) is 0 Å². The third-order valence-corrected chi connectivity index (χ3v) is 6.25. The van der Waals surface area contributed by atoms with Crippen molar-refractivity contribution in [3.63, 3.8) is 0 Å². The minimum absolute atomic E-state index is 0.0354. The molecule has 1 aliphatic rings. The zero-order chi connectivity index (χ0) is 19.6. The fraction of sp³-hybridized carbons (Fsp3) is 0.350. The lowest BCUT2D eigenvalue weighted by Crippen LogP contribution is -2.33. The van der Waals surface area contributed by atoms with E-state index < -0.39 is 10.0 Å². The summed E-state index contributed by atoms with van der Waals surface area (Å²) in [6.45, 7) is 3.76. The van der Waals surface area contributed by atoms with Gasteiger partial charge in [0.25, 0.3) is 0 Å². The van der Waals surface area contributed by atoms with Crippen LogP contribution in [0.2, 0.25) is 0 Å². The third-order valence-electron chi connectivity index (χ3n) is 4.80. The molecule has 0 saturated carbocycles. The van der Waals surface area contributed by atoms with E-state index in [-0.39, 0.29) is 23.4 Å². The highest BCUT2D eigenvalue weighted by molar-refractivity contribution is 7.89. The predicted molar refractivity (Wildman–Crippen MR) is 105 cm³/mol. The van der Waals surface area contributed by atoms with Gasteiger partial charge in [0, 0.05) is 25.2 Å². The fourth-order valence-electron chi connectivity index (χ4n) is 3.57. The van der Waals surface area contributed by atoms with Crippen LogP contribution in [-0.4, -0.2) is 34.0 Å². The molecule has 7 heteroatoms. The number of methoxy groups -OCH3 is 1. The Labute approximate surface area is 160 Å². The first-order chi connectivity index (χ1) is 12.8. The number of rotatable bonds is 6. The van der Waals surface area contributed by atoms with E-state index in [0.29, 0.717) is 12.8 Å². The van der Waals surface area contributed by atoms with E-state index >= 15 is 0 Å². The maximum Gasteiger partial charge on any atom is 0.240 e. The zero-order valence-electron chi connectivity index (χ0n) is 15.7. The van der Waals surface area contributed by atoms with Gasteiger partial charge in [-0.15, -0.1) is 0 Å². The Bertz CT molecular complexity index is 956. The summed E-state index contributed by atoms with van der Waals surface area (Å²) in [7, 11) is -2.02. The molecule has 6 nitrogen and oxygen atoms in total. The number of carbonyl (C=O) groups excluding carboxylic acids is 1. The molecule has 27 heavy (non-hydrogen) atoms. The van der Waals surface area contributed by atoms with Crippen LogP contribution in [0.3, 0.4) is 0 Å². The number of para-hydroxylation sites is 1. The van der Waals surface area contributed by atoms with Crippen LogP contribution in [0.15, 0.2) is 47.4 Å². The van der Waals surface area contributed by atoms with Crippen LogP contribution >= 0.6 is 0 Å². The molecule has 0 bridgehead atoms. The lowest BCUT2D eigenvalue weighted by Gasteiger charge is -2.20. The van der Waals surface area contributed by atoms with E-state index in [9.17, 15) is 13.2 Å². The molecule has 0 aliphatic carbocycles. The number of hydrogen-bond donors (Lipinski definition) is 1. The zero-order valence-corrected chi connectivity index (χ0v) is 16.5. The molecule has 1 amide bonds. The highest BCUT2D eigenvalue weighted by Gasteiger charge is 2.30. The summed E-state index contributed by atoms with van der Waals surface area (Å²) < 4.78 is 33.2. The number of nitrogens with zero attached hydrogens (tertiary/aromatic N) is 1. The second kappa shape index (κ2) is 7.70. The van der Waals surface area contributed by atoms with Crippen molar-refractivity contribution in [1.29, 1.82) is 0 Å². The van der Waals surface area contributed by atoms with Crippen molar-refractivity contribution in [2.24, 2.45) is 0 Å². The van der Waals surface area contributed by atoms with Gasteiger partial charge in [0.15, 0.2) is 0 Å². The molecular weight excluding hydrogens is 364 g/mol. The third kappa shape index (κ3) is 3.99. The van der Waals surface area contributed by atoms with Crippen molar-refractivity contribution in [1.82, 2.24) is 4.72 Å². The Hall–Kier alpha value is -2.38. The maximum atomic E-state index is 12.7. The second-order valence-electron chi connectivity index (χ2n) is 6.69. The van der Waals surface area contributed by atoms with Gasteiger partial charge < -0.3 is 9.64 Å². The minimum atomic E-state index is -3.62. The number of sulfonamides is 1. The average molecular weight is 388 g/mol. The summed E-state index contributed by atoms with van der Waals surface area (Å²) in [5.41, 5.74) is 2.62. The van der Waals surface area contributed by atoms with E-state index in [1.807, 2.05) is 31.2 Å². The summed E-state index contributed by atoms with van der Waals surface area (Å²) in [5, 5.41) is 0. The second-order valence-corrected chi connectivity index (χ2v) is 8.46. The standard InChI is InChI=1S/C20H24N2O4S/c1-14-12-17-13-18(8-9-19(17)22(14)15(2)23)27(24,25)21-11-10-16-6-4-5-7-20(16)26-3/h4-9,13-14,21H,10-12H2,1-3H3. The molecule has 0 saturated heterocycles. The average Bonchev–Trinajstić information content (AvgIpc) is 2.97. The molecule has 0 radical (unpaired) electrons. The Balaban J connectivity index is 1.73. The monoisotopic (exact) mass is 388 g/mol. The van der Waals surface area contributed by atoms with Crippen molar-refractivity contribution in [2.45, 2.75) is 37.6 Å². The first-order valence-corrected chi connectivity index (χ1v) is 10.4. The van der Waals surface area contributed by atoms with E-state index in [4.69, 9.17) is 4.74 Å². The molecule has 0 spiro atoms. The van der Waals surface area contributed by atoms with Gasteiger partial charge in [-0.25, -0.2) is 13.1 Å². The number of nitrogens with one attached hydrogen (secondary N) is 1. The maximum absolute atomic E-state index is 12.7. The first-order valence-electron chi connectivity index (χ1n) is 8.88. The fourth-order valence-corrected chi connectivity index (χ4v) is 4.65. The van der Waals surface area contributed by atoms with Crippen molar-refractivity contribution in [3.8, 4) is 5.75 Å². The molecule has 1 N–H and O–H groups in total. The highest BCUT2D eigenvalue weighted by atomic mass is 32.2. The molecule has 1 heterocycles. The summed E-state index contributed by atoms with van der Waals surface area (Å²) in [5.74, 6) is 0.708. The molecule has 1 atom stereocenters. The molecule has 1 unspecified atom stereocenters. The minimum Gasteiger partial charge on any atom is -0.496 e. The molecular formula is C20H24N2O4S. The largest absolute Gasteiger partial charge is 0.496 e. The Kier molecular flexibility index (Phi) is 5.53. The van der Waals surface area contributed by atoms with Gasteiger partial charge in [-0.05, 0) is 55.2 Å². The number of anilines is 1. The van der Waals surface area contributed by atoms with Crippen molar-refractivity contribution < 1.29 is 17.9 Å². The Morgan fingerprint density at radius 1 is 1.26 bits per heavy atom. The van der Waals surface area contributed by atoms with Gasteiger partial charge in [0.05, 0.1) is 12.0 Å². The van der Waals surface area contributed by atoms with Crippen LogP contribution in [0.25, 0.3) is 0 Å². The van der Waals surface area contributed by atoms with Gasteiger partial charge in [-0.3, -0.25) is 4.79 Å². The van der Waals surface area contributed by atoms with Gasteiger partial charge in [0.1, 0.15) is 5.75 Å². The van der Waals surface area contributed by atoms with Crippen LogP contribution < -0.4 is 14.4 Å². The van der Waals surface area contributed by atoms with E-state index in [2.05, 4.69) is 4.72 Å². The number of carbonyl (C=O) groups is 1. The molecule has 144 valence electrons. The summed E-state index contributed by atoms with van der Waals surface area (Å²) in [4.78, 5) is 13.7. The Morgan fingerprint density at radius 2 is 2.00 bits per heavy atom. The van der Waals surface area contributed by atoms with Crippen LogP contribution in [0.5, 0.6) is 5.75 Å². The summed E-state index contributed by atoms with van der Waals surface area (Å²) in [6, 6.07) is 12.5. The Morgan fingerprint density at radius 3 is 2.70 bits per heavy atom. The van der Waals surface area contributed by atoms with Crippen molar-refractivity contribution >= 4 is 21.6 Å². The summed E-state index contributed by atoms with van der Waals surface area (Å²) >= 11 is 0. The molecule has 1 aliphatic heterocycles. The van der Waals surface area contributed by atoms with Crippen molar-refractivity contribution in [2.75, 3.05) is 18.6 Å². The summed E-state index contributed by atoms with van der Waals surface area (Å²) in [6.07, 6.45) is 1.18. The van der Waals surface area contributed by atoms with Crippen molar-refractivity contribution in [3.05, 3.63) is 53.6 Å². The number of hydrogen-bond acceptors (Lipinski definition) is 4. The van der Waals surface area contributed by atoms with E-state index in [0.717, 1.165) is 22.6 Å². The number of amides is 1. The van der Waals surface area contributed by atoms with Crippen LogP contribution in [0.1, 0.15) is 25.0 Å². The van der Waals surface area contributed by atoms with Crippen LogP contribution in [0, 0.1) is 0 Å². The normalized spacial score (nSPS) is 16.3. The lowest BCUT2D eigenvalue weighted by atomic mass is 10.1. The first kappa shape index (κ1) is 19.4. The molecule has 3 rings (SSSR count). The van der Waals surface area contributed by atoms with Gasteiger partial charge in [0.2, 0.25) is 15.9 Å². The SMILES string of the molecule is COc1ccccc1CCNS(=O)(=O)c1ccc2c(c1)CC(C)N2C(C)=O. The number of ether oxygens (including phenoxy) is 1. The van der Waals surface area contributed by atoms with Gasteiger partial charge in [-0.1, -0.05) is 18.2 Å². The number of benzene rings is 2. The number of fused-ring (bicyclic) bond motifs is 1. The van der Waals surface area contributed by atoms with E-state index in [1.54, 1.807) is 30.2 Å². The molecule has 2 aromatic rings. The molecule has 0 aromatic heterocycles. The van der Waals surface area contributed by atoms with Crippen LogP contribution in [0.4, 0.5) is 5.69 Å². The van der Waals surface area contributed by atoms with Crippen LogP contribution in [-0.2, 0) is 27.7 Å². The topological polar surface area (TPSA) is 75.7 Å². The quantitative estimate of drug-likeness (QED) is 0.825. The lowest BCUT2D eigenvalue weighted by molar-refractivity contribution is -0.116. The molecule has 0 fully saturated rings. The predicted octanol–water partition coefficient (Wildman–Crippen LogP) is 2.51. The van der Waals surface area contributed by atoms with E-state index in [1.165, 1.54) is 6.92 Å². The smallest absolute Gasteiger partial charge is 0.240 e. The molecule has 2 aromatic carbocycles.